The lowest BCUT2D eigenvalue weighted by Gasteiger charge is -1.89. The van der Waals surface area contributed by atoms with Gasteiger partial charge in [-0.1, -0.05) is 38.0 Å². The smallest absolute Gasteiger partial charge is 0.338 e. The molecule has 0 bridgehead atoms. The second-order valence-electron chi connectivity index (χ2n) is 3.70. The number of ether oxygens (including phenoxy) is 1. The number of cyclic esters (lactones) is 1. The summed E-state index contributed by atoms with van der Waals surface area (Å²) >= 11 is 0. The minimum absolute atomic E-state index is 0.203. The summed E-state index contributed by atoms with van der Waals surface area (Å²) in [5, 5.41) is 0. The van der Waals surface area contributed by atoms with Crippen LogP contribution in [0.5, 0.6) is 0 Å². The molecule has 1 aliphatic rings. The van der Waals surface area contributed by atoms with Gasteiger partial charge in [-0.25, -0.2) is 4.79 Å². The molecule has 0 atom stereocenters. The van der Waals surface area contributed by atoms with E-state index < -0.39 is 0 Å². The lowest BCUT2D eigenvalue weighted by molar-refractivity contribution is -0.135. The highest BCUT2D eigenvalue weighted by atomic mass is 16.5. The largest absolute Gasteiger partial charge is 0.458 e. The topological polar surface area (TPSA) is 26.3 Å². The Kier molecular flexibility index (Phi) is 4.88. The third-order valence-electron chi connectivity index (χ3n) is 2.33. The molecule has 0 amide bonds. The highest BCUT2D eigenvalue weighted by Crippen LogP contribution is 2.16. The third kappa shape index (κ3) is 3.74. The minimum Gasteiger partial charge on any atom is -0.458 e. The van der Waals surface area contributed by atoms with Crippen molar-refractivity contribution in [1.82, 2.24) is 0 Å². The van der Waals surface area contributed by atoms with E-state index in [0.717, 1.165) is 12.0 Å². The molecule has 82 valence electrons. The molecular weight excluding hydrogens is 188 g/mol. The lowest BCUT2D eigenvalue weighted by atomic mass is 10.1. The first-order valence-electron chi connectivity index (χ1n) is 5.45. The Morgan fingerprint density at radius 3 is 2.80 bits per heavy atom. The van der Waals surface area contributed by atoms with E-state index in [9.17, 15) is 4.79 Å². The molecule has 2 nitrogen and oxygen atoms in total. The van der Waals surface area contributed by atoms with Crippen LogP contribution >= 0.6 is 0 Å². The number of carbonyl (C=O) groups is 1. The summed E-state index contributed by atoms with van der Waals surface area (Å²) in [4.78, 5) is 11.2. The number of carbonyl (C=O) groups excluding carboxylic acids is 1. The number of allylic oxidation sites excluding steroid dienone is 3. The van der Waals surface area contributed by atoms with Crippen molar-refractivity contribution in [1.29, 1.82) is 0 Å². The first-order valence-corrected chi connectivity index (χ1v) is 5.45. The van der Waals surface area contributed by atoms with Crippen LogP contribution in [0, 0.1) is 0 Å². The average Bonchev–Trinajstić information content (AvgIpc) is 2.54. The highest BCUT2D eigenvalue weighted by molar-refractivity contribution is 5.94. The van der Waals surface area contributed by atoms with Gasteiger partial charge >= 0.3 is 5.97 Å². The number of esters is 1. The quantitative estimate of drug-likeness (QED) is 0.392. The molecule has 0 spiro atoms. The lowest BCUT2D eigenvalue weighted by Crippen LogP contribution is -1.96. The molecular formula is C13H18O2. The zero-order chi connectivity index (χ0) is 11.1. The van der Waals surface area contributed by atoms with Gasteiger partial charge in [-0.15, -0.1) is 0 Å². The maximum absolute atomic E-state index is 11.2. The maximum Gasteiger partial charge on any atom is 0.338 e. The molecule has 0 aromatic heterocycles. The Hall–Kier alpha value is -1.31. The van der Waals surface area contributed by atoms with Crippen LogP contribution in [0.3, 0.4) is 0 Å². The van der Waals surface area contributed by atoms with E-state index in [-0.39, 0.29) is 5.97 Å². The van der Waals surface area contributed by atoms with Crippen molar-refractivity contribution < 1.29 is 9.53 Å². The standard InChI is InChI=1S/C13H18O2/c1-3-4-5-6-7-8-9-12-11(2)10-15-13(12)14/h6-9H,3-5,10H2,1-2H3/b7-6+,9-8+. The predicted molar refractivity (Wildman–Crippen MR) is 61.5 cm³/mol. The van der Waals surface area contributed by atoms with Crippen LogP contribution in [0.4, 0.5) is 0 Å². The summed E-state index contributed by atoms with van der Waals surface area (Å²) in [5.41, 5.74) is 1.72. The molecule has 2 heteroatoms. The van der Waals surface area contributed by atoms with Crippen LogP contribution in [0.1, 0.15) is 33.1 Å². The van der Waals surface area contributed by atoms with Gasteiger partial charge in [-0.3, -0.25) is 0 Å². The molecule has 1 heterocycles. The first-order chi connectivity index (χ1) is 7.25. The number of hydrogen-bond acceptors (Lipinski definition) is 2. The molecule has 1 rings (SSSR count). The predicted octanol–water partition coefficient (Wildman–Crippen LogP) is 3.16. The van der Waals surface area contributed by atoms with Gasteiger partial charge in [-0.2, -0.15) is 0 Å². The molecule has 0 radical (unpaired) electrons. The van der Waals surface area contributed by atoms with Gasteiger partial charge in [0.1, 0.15) is 6.61 Å². The van der Waals surface area contributed by atoms with E-state index in [1.54, 1.807) is 0 Å². The summed E-state index contributed by atoms with van der Waals surface area (Å²) in [7, 11) is 0. The van der Waals surface area contributed by atoms with Crippen molar-refractivity contribution in [3.63, 3.8) is 0 Å². The summed E-state index contributed by atoms with van der Waals surface area (Å²) in [6.07, 6.45) is 11.4. The Balaban J connectivity index is 2.41. The Labute approximate surface area is 91.3 Å². The minimum atomic E-state index is -0.203. The zero-order valence-electron chi connectivity index (χ0n) is 9.45. The molecule has 0 aromatic carbocycles. The maximum atomic E-state index is 11.2. The van der Waals surface area contributed by atoms with Crippen molar-refractivity contribution in [3.8, 4) is 0 Å². The van der Waals surface area contributed by atoms with Gasteiger partial charge in [0, 0.05) is 0 Å². The molecule has 15 heavy (non-hydrogen) atoms. The van der Waals surface area contributed by atoms with E-state index in [4.69, 9.17) is 4.74 Å². The normalized spacial score (nSPS) is 17.1. The van der Waals surface area contributed by atoms with Gasteiger partial charge in [0.15, 0.2) is 0 Å². The second-order valence-corrected chi connectivity index (χ2v) is 3.70. The Morgan fingerprint density at radius 1 is 1.40 bits per heavy atom. The van der Waals surface area contributed by atoms with Gasteiger partial charge in [-0.05, 0) is 25.0 Å². The fourth-order valence-corrected chi connectivity index (χ4v) is 1.36. The summed E-state index contributed by atoms with van der Waals surface area (Å²) < 4.78 is 4.88. The second kappa shape index (κ2) is 6.23. The number of hydrogen-bond donors (Lipinski definition) is 0. The van der Waals surface area contributed by atoms with E-state index in [1.165, 1.54) is 12.8 Å². The fourth-order valence-electron chi connectivity index (χ4n) is 1.36. The van der Waals surface area contributed by atoms with Crippen LogP contribution in [0.25, 0.3) is 0 Å². The molecule has 0 fully saturated rings. The van der Waals surface area contributed by atoms with Crippen molar-refractivity contribution in [2.75, 3.05) is 6.61 Å². The summed E-state index contributed by atoms with van der Waals surface area (Å²) in [6.45, 7) is 4.54. The van der Waals surface area contributed by atoms with Crippen molar-refractivity contribution >= 4 is 5.97 Å². The Morgan fingerprint density at radius 2 is 2.20 bits per heavy atom. The molecule has 0 saturated heterocycles. The fraction of sp³-hybridized carbons (Fsp3) is 0.462. The van der Waals surface area contributed by atoms with Crippen molar-refractivity contribution in [2.24, 2.45) is 0 Å². The van der Waals surface area contributed by atoms with Crippen molar-refractivity contribution in [2.45, 2.75) is 33.1 Å². The van der Waals surface area contributed by atoms with E-state index in [2.05, 4.69) is 13.0 Å². The molecule has 1 aliphatic heterocycles. The molecule has 0 aliphatic carbocycles. The SMILES string of the molecule is CCCC/C=C/C=C/C1=C(C)COC1=O. The number of rotatable bonds is 5. The highest BCUT2D eigenvalue weighted by Gasteiger charge is 2.18. The zero-order valence-corrected chi connectivity index (χ0v) is 9.45. The van der Waals surface area contributed by atoms with E-state index in [0.29, 0.717) is 12.2 Å². The van der Waals surface area contributed by atoms with Crippen LogP contribution in [-0.2, 0) is 9.53 Å². The third-order valence-corrected chi connectivity index (χ3v) is 2.33. The summed E-state index contributed by atoms with van der Waals surface area (Å²) in [5.74, 6) is -0.203. The van der Waals surface area contributed by atoms with Crippen LogP contribution in [-0.4, -0.2) is 12.6 Å². The monoisotopic (exact) mass is 206 g/mol. The molecule has 0 aromatic rings. The molecule has 0 N–H and O–H groups in total. The van der Waals surface area contributed by atoms with Crippen LogP contribution < -0.4 is 0 Å². The summed E-state index contributed by atoms with van der Waals surface area (Å²) in [6, 6.07) is 0. The average molecular weight is 206 g/mol. The van der Waals surface area contributed by atoms with Gasteiger partial charge in [0.05, 0.1) is 5.57 Å². The van der Waals surface area contributed by atoms with E-state index >= 15 is 0 Å². The van der Waals surface area contributed by atoms with Crippen LogP contribution in [0.2, 0.25) is 0 Å². The van der Waals surface area contributed by atoms with Gasteiger partial charge in [0.25, 0.3) is 0 Å². The van der Waals surface area contributed by atoms with E-state index in [1.807, 2.05) is 25.2 Å². The first kappa shape index (κ1) is 11.8. The Bertz CT molecular complexity index is 308. The van der Waals surface area contributed by atoms with Gasteiger partial charge in [0.2, 0.25) is 0 Å². The van der Waals surface area contributed by atoms with Crippen LogP contribution in [0.15, 0.2) is 35.5 Å². The van der Waals surface area contributed by atoms with Gasteiger partial charge < -0.3 is 4.74 Å². The molecule has 0 unspecified atom stereocenters. The van der Waals surface area contributed by atoms with Crippen molar-refractivity contribution in [3.05, 3.63) is 35.5 Å². The molecule has 0 saturated carbocycles. The number of unbranched alkanes of at least 4 members (excludes halogenated alkanes) is 2.